The maximum absolute atomic E-state index is 5.12. The van der Waals surface area contributed by atoms with Gasteiger partial charge in [-0.2, -0.15) is 0 Å². The van der Waals surface area contributed by atoms with Crippen LogP contribution in [0.1, 0.15) is 25.0 Å². The molecular weight excluding hydrogens is 609 g/mol. The predicted octanol–water partition coefficient (Wildman–Crippen LogP) is 11.7. The Kier molecular flexibility index (Phi) is 7.54. The van der Waals surface area contributed by atoms with E-state index in [4.69, 9.17) is 9.97 Å². The smallest absolute Gasteiger partial charge is 0.160 e. The van der Waals surface area contributed by atoms with Gasteiger partial charge in [-0.3, -0.25) is 0 Å². The fourth-order valence-electron chi connectivity index (χ4n) is 7.19. The molecule has 238 valence electrons. The summed E-state index contributed by atoms with van der Waals surface area (Å²) in [6.07, 6.45) is 0. The van der Waals surface area contributed by atoms with Crippen molar-refractivity contribution in [3.8, 4) is 67.3 Å². The van der Waals surface area contributed by atoms with Gasteiger partial charge in [0, 0.05) is 22.1 Å². The second-order valence-corrected chi connectivity index (χ2v) is 19.8. The number of hydrogen-bond donors (Lipinski definition) is 0. The molecule has 0 unspecified atom stereocenters. The van der Waals surface area contributed by atoms with Crippen LogP contribution in [0.25, 0.3) is 67.3 Å². The number of rotatable bonds is 6. The Morgan fingerprint density at radius 1 is 0.408 bits per heavy atom. The molecule has 0 spiro atoms. The first-order chi connectivity index (χ1) is 23.6. The maximum Gasteiger partial charge on any atom is 0.160 e. The summed E-state index contributed by atoms with van der Waals surface area (Å²) in [6, 6.07) is 54.8. The lowest BCUT2D eigenvalue weighted by Gasteiger charge is -2.22. The highest BCUT2D eigenvalue weighted by atomic mass is 28.3. The van der Waals surface area contributed by atoms with Gasteiger partial charge in [0.2, 0.25) is 0 Å². The molecule has 0 radical (unpaired) electrons. The maximum atomic E-state index is 5.12. The van der Waals surface area contributed by atoms with E-state index in [1.165, 1.54) is 49.7 Å². The molecule has 0 amide bonds. The standard InChI is InChI=1S/C46H40N2Si/c1-46(2)41-28-36(35-18-12-17-34(27-35)31-19-23-38(24-20-31)49(3,4)5)21-25-39(41)40-26-22-37(29-42(40)46)45-47-43(32-13-8-6-9-14-32)30-44(48-45)33-15-10-7-11-16-33/h6-30H,1-5H3. The second-order valence-electron chi connectivity index (χ2n) is 14.7. The monoisotopic (exact) mass is 648 g/mol. The Bertz CT molecular complexity index is 2260. The van der Waals surface area contributed by atoms with Gasteiger partial charge in [0.05, 0.1) is 19.5 Å². The number of benzene rings is 6. The normalized spacial score (nSPS) is 13.2. The van der Waals surface area contributed by atoms with Crippen LogP contribution >= 0.6 is 0 Å². The first-order valence-electron chi connectivity index (χ1n) is 17.2. The van der Waals surface area contributed by atoms with E-state index in [2.05, 4.69) is 173 Å². The molecule has 3 heteroatoms. The van der Waals surface area contributed by atoms with Crippen molar-refractivity contribution in [1.82, 2.24) is 9.97 Å². The van der Waals surface area contributed by atoms with E-state index in [-0.39, 0.29) is 5.41 Å². The molecule has 0 atom stereocenters. The lowest BCUT2D eigenvalue weighted by molar-refractivity contribution is 0.661. The van der Waals surface area contributed by atoms with E-state index < -0.39 is 8.07 Å². The summed E-state index contributed by atoms with van der Waals surface area (Å²) < 4.78 is 0. The van der Waals surface area contributed by atoms with Crippen molar-refractivity contribution in [3.05, 3.63) is 163 Å². The minimum Gasteiger partial charge on any atom is -0.228 e. The SMILES string of the molecule is CC1(C)c2cc(-c3cccc(-c4ccc([Si](C)(C)C)cc4)c3)ccc2-c2ccc(-c3nc(-c4ccccc4)cc(-c4ccccc4)n3)cc21. The lowest BCUT2D eigenvalue weighted by atomic mass is 9.81. The molecule has 1 aliphatic rings. The summed E-state index contributed by atoms with van der Waals surface area (Å²) in [6.45, 7) is 11.9. The minimum absolute atomic E-state index is 0.180. The number of nitrogens with zero attached hydrogens (tertiary/aromatic N) is 2. The van der Waals surface area contributed by atoms with Gasteiger partial charge in [-0.05, 0) is 68.8 Å². The molecule has 0 saturated heterocycles. The first kappa shape index (κ1) is 30.9. The van der Waals surface area contributed by atoms with E-state index in [1.54, 1.807) is 0 Å². The molecule has 1 aromatic heterocycles. The van der Waals surface area contributed by atoms with Crippen molar-refractivity contribution in [2.75, 3.05) is 0 Å². The van der Waals surface area contributed by atoms with E-state index in [1.807, 2.05) is 12.1 Å². The van der Waals surface area contributed by atoms with Crippen LogP contribution in [-0.4, -0.2) is 18.0 Å². The average molecular weight is 649 g/mol. The molecule has 0 bridgehead atoms. The van der Waals surface area contributed by atoms with E-state index in [9.17, 15) is 0 Å². The summed E-state index contributed by atoms with van der Waals surface area (Å²) >= 11 is 0. The number of fused-ring (bicyclic) bond motifs is 3. The molecule has 8 rings (SSSR count). The fourth-order valence-corrected chi connectivity index (χ4v) is 8.35. The molecule has 1 aliphatic carbocycles. The van der Waals surface area contributed by atoms with Crippen molar-refractivity contribution >= 4 is 13.3 Å². The fraction of sp³-hybridized carbons (Fsp3) is 0.130. The summed E-state index contributed by atoms with van der Waals surface area (Å²) in [7, 11) is -1.33. The van der Waals surface area contributed by atoms with Crippen LogP contribution in [0, 0.1) is 0 Å². The molecule has 6 aromatic carbocycles. The van der Waals surface area contributed by atoms with Crippen molar-refractivity contribution in [3.63, 3.8) is 0 Å². The predicted molar refractivity (Wildman–Crippen MR) is 210 cm³/mol. The summed E-state index contributed by atoms with van der Waals surface area (Å²) in [4.78, 5) is 10.2. The molecule has 7 aromatic rings. The van der Waals surface area contributed by atoms with Crippen LogP contribution in [0.15, 0.2) is 152 Å². The highest BCUT2D eigenvalue weighted by Crippen LogP contribution is 2.50. The van der Waals surface area contributed by atoms with Crippen LogP contribution < -0.4 is 5.19 Å². The van der Waals surface area contributed by atoms with Crippen LogP contribution in [0.2, 0.25) is 19.6 Å². The molecule has 0 aliphatic heterocycles. The van der Waals surface area contributed by atoms with Crippen molar-refractivity contribution in [2.45, 2.75) is 38.9 Å². The highest BCUT2D eigenvalue weighted by Gasteiger charge is 2.36. The number of hydrogen-bond acceptors (Lipinski definition) is 2. The van der Waals surface area contributed by atoms with Gasteiger partial charge in [0.25, 0.3) is 0 Å². The zero-order chi connectivity index (χ0) is 33.8. The van der Waals surface area contributed by atoms with Crippen LogP contribution in [0.5, 0.6) is 0 Å². The Morgan fingerprint density at radius 3 is 1.41 bits per heavy atom. The third-order valence-electron chi connectivity index (χ3n) is 10.1. The zero-order valence-electron chi connectivity index (χ0n) is 28.8. The van der Waals surface area contributed by atoms with Crippen LogP contribution in [-0.2, 0) is 5.41 Å². The third kappa shape index (κ3) is 5.75. The van der Waals surface area contributed by atoms with Gasteiger partial charge in [0.1, 0.15) is 0 Å². The molecular formula is C46H40N2Si. The topological polar surface area (TPSA) is 25.8 Å². The van der Waals surface area contributed by atoms with Crippen LogP contribution in [0.3, 0.4) is 0 Å². The van der Waals surface area contributed by atoms with Gasteiger partial charge in [-0.1, -0.05) is 166 Å². The molecule has 2 nitrogen and oxygen atoms in total. The molecule has 1 heterocycles. The zero-order valence-corrected chi connectivity index (χ0v) is 29.8. The van der Waals surface area contributed by atoms with E-state index >= 15 is 0 Å². The van der Waals surface area contributed by atoms with E-state index in [0.29, 0.717) is 0 Å². The largest absolute Gasteiger partial charge is 0.228 e. The average Bonchev–Trinajstić information content (AvgIpc) is 3.37. The quantitative estimate of drug-likeness (QED) is 0.168. The Morgan fingerprint density at radius 2 is 0.857 bits per heavy atom. The summed E-state index contributed by atoms with van der Waals surface area (Å²) in [5, 5.41) is 1.49. The van der Waals surface area contributed by atoms with Gasteiger partial charge < -0.3 is 0 Å². The molecule has 0 fully saturated rings. The first-order valence-corrected chi connectivity index (χ1v) is 20.7. The summed E-state index contributed by atoms with van der Waals surface area (Å²) in [5.74, 6) is 0.741. The van der Waals surface area contributed by atoms with E-state index in [0.717, 1.165) is 33.9 Å². The summed E-state index contributed by atoms with van der Waals surface area (Å²) in [5.41, 5.74) is 15.1. The molecule has 0 saturated carbocycles. The Hall–Kier alpha value is -5.38. The second kappa shape index (κ2) is 11.9. The lowest BCUT2D eigenvalue weighted by Crippen LogP contribution is -2.37. The Balaban J connectivity index is 1.16. The number of aromatic nitrogens is 2. The van der Waals surface area contributed by atoms with Crippen LogP contribution in [0.4, 0.5) is 0 Å². The van der Waals surface area contributed by atoms with Gasteiger partial charge in [0.15, 0.2) is 5.82 Å². The van der Waals surface area contributed by atoms with Crippen molar-refractivity contribution < 1.29 is 0 Å². The molecule has 0 N–H and O–H groups in total. The van der Waals surface area contributed by atoms with Gasteiger partial charge in [-0.15, -0.1) is 0 Å². The van der Waals surface area contributed by atoms with Gasteiger partial charge in [-0.25, -0.2) is 9.97 Å². The minimum atomic E-state index is -1.33. The highest BCUT2D eigenvalue weighted by molar-refractivity contribution is 6.88. The van der Waals surface area contributed by atoms with Crippen molar-refractivity contribution in [1.29, 1.82) is 0 Å². The van der Waals surface area contributed by atoms with Crippen molar-refractivity contribution in [2.24, 2.45) is 0 Å². The molecule has 49 heavy (non-hydrogen) atoms. The van der Waals surface area contributed by atoms with Gasteiger partial charge >= 0.3 is 0 Å². The Labute approximate surface area is 291 Å². The third-order valence-corrected chi connectivity index (χ3v) is 12.1.